The summed E-state index contributed by atoms with van der Waals surface area (Å²) in [6.07, 6.45) is 0. The van der Waals surface area contributed by atoms with Crippen molar-refractivity contribution >= 4 is 40.0 Å². The van der Waals surface area contributed by atoms with E-state index in [1.165, 1.54) is 0 Å². The minimum atomic E-state index is -0.985. The third kappa shape index (κ3) is 4.47. The van der Waals surface area contributed by atoms with Gasteiger partial charge in [0.05, 0.1) is 11.2 Å². The van der Waals surface area contributed by atoms with Gasteiger partial charge in [-0.2, -0.15) is 0 Å². The van der Waals surface area contributed by atoms with Gasteiger partial charge in [0, 0.05) is 21.7 Å². The first-order valence-electron chi connectivity index (χ1n) is 9.38. The monoisotopic (exact) mass is 415 g/mol. The molecular formula is C24H18ClN3O2. The molecular weight excluding hydrogens is 398 g/mol. The van der Waals surface area contributed by atoms with Crippen LogP contribution < -0.4 is 10.6 Å². The molecule has 1 atom stereocenters. The van der Waals surface area contributed by atoms with Gasteiger partial charge in [-0.05, 0) is 42.5 Å². The van der Waals surface area contributed by atoms with Crippen molar-refractivity contribution in [2.75, 3.05) is 5.32 Å². The third-order valence-corrected chi connectivity index (χ3v) is 4.82. The normalized spacial score (nSPS) is 11.6. The van der Waals surface area contributed by atoms with Crippen LogP contribution in [0.15, 0.2) is 91.0 Å². The molecule has 4 aromatic rings. The van der Waals surface area contributed by atoms with Crippen LogP contribution in [0.2, 0.25) is 5.02 Å². The second-order valence-corrected chi connectivity index (χ2v) is 7.14. The molecule has 2 N–H and O–H groups in total. The number of anilines is 1. The fourth-order valence-electron chi connectivity index (χ4n) is 3.10. The predicted molar refractivity (Wildman–Crippen MR) is 118 cm³/mol. The molecule has 1 unspecified atom stereocenters. The molecule has 0 aliphatic carbocycles. The van der Waals surface area contributed by atoms with E-state index in [4.69, 9.17) is 11.6 Å². The molecule has 0 radical (unpaired) electrons. The number of halogens is 1. The standard InChI is InChI=1S/C24H18ClN3O2/c25-18-10-6-11-19(15-18)26-24(30)22(28-23(29)17-8-2-1-3-9-17)21-14-13-16-7-4-5-12-20(16)27-21/h1-15,22H,(H,26,30)(H,28,29). The van der Waals surface area contributed by atoms with Gasteiger partial charge in [-0.25, -0.2) is 0 Å². The van der Waals surface area contributed by atoms with E-state index >= 15 is 0 Å². The van der Waals surface area contributed by atoms with Crippen LogP contribution in [0.1, 0.15) is 22.1 Å². The Morgan fingerprint density at radius 1 is 0.833 bits per heavy atom. The molecule has 3 aromatic carbocycles. The average molecular weight is 416 g/mol. The summed E-state index contributed by atoms with van der Waals surface area (Å²) in [5.74, 6) is -0.777. The lowest BCUT2D eigenvalue weighted by molar-refractivity contribution is -0.118. The molecule has 30 heavy (non-hydrogen) atoms. The first-order chi connectivity index (χ1) is 14.6. The minimum absolute atomic E-state index is 0.364. The van der Waals surface area contributed by atoms with Crippen molar-refractivity contribution in [3.8, 4) is 0 Å². The van der Waals surface area contributed by atoms with Crippen molar-refractivity contribution in [1.82, 2.24) is 10.3 Å². The highest BCUT2D eigenvalue weighted by molar-refractivity contribution is 6.30. The zero-order chi connectivity index (χ0) is 20.9. The van der Waals surface area contributed by atoms with Crippen molar-refractivity contribution in [2.45, 2.75) is 6.04 Å². The van der Waals surface area contributed by atoms with Crippen molar-refractivity contribution in [1.29, 1.82) is 0 Å². The number of nitrogens with zero attached hydrogens (tertiary/aromatic N) is 1. The van der Waals surface area contributed by atoms with Crippen LogP contribution in [0.4, 0.5) is 5.69 Å². The number of nitrogens with one attached hydrogen (secondary N) is 2. The zero-order valence-corrected chi connectivity index (χ0v) is 16.6. The SMILES string of the molecule is O=C(NC(C(=O)Nc1cccc(Cl)c1)c1ccc2ccccc2n1)c1ccccc1. The van der Waals surface area contributed by atoms with Gasteiger partial charge < -0.3 is 10.6 Å². The fourth-order valence-corrected chi connectivity index (χ4v) is 3.29. The van der Waals surface area contributed by atoms with Crippen LogP contribution in [0, 0.1) is 0 Å². The zero-order valence-electron chi connectivity index (χ0n) is 15.9. The molecule has 0 saturated carbocycles. The Bertz CT molecular complexity index is 1210. The summed E-state index contributed by atoms with van der Waals surface area (Å²) < 4.78 is 0. The first-order valence-corrected chi connectivity index (χ1v) is 9.76. The number of para-hydroxylation sites is 1. The van der Waals surface area contributed by atoms with Crippen molar-refractivity contribution < 1.29 is 9.59 Å². The van der Waals surface area contributed by atoms with Gasteiger partial charge in [0.15, 0.2) is 6.04 Å². The van der Waals surface area contributed by atoms with E-state index in [-0.39, 0.29) is 5.91 Å². The van der Waals surface area contributed by atoms with Gasteiger partial charge in [-0.15, -0.1) is 0 Å². The van der Waals surface area contributed by atoms with E-state index in [0.29, 0.717) is 22.0 Å². The Kier molecular flexibility index (Phi) is 5.72. The number of hydrogen-bond acceptors (Lipinski definition) is 3. The number of fused-ring (bicyclic) bond motifs is 1. The Labute approximate surface area is 178 Å². The van der Waals surface area contributed by atoms with Crippen LogP contribution in [-0.4, -0.2) is 16.8 Å². The smallest absolute Gasteiger partial charge is 0.253 e. The fraction of sp³-hybridized carbons (Fsp3) is 0.0417. The molecule has 0 aliphatic rings. The van der Waals surface area contributed by atoms with Gasteiger partial charge >= 0.3 is 0 Å². The number of carbonyl (C=O) groups excluding carboxylic acids is 2. The lowest BCUT2D eigenvalue weighted by Gasteiger charge is -2.19. The number of hydrogen-bond donors (Lipinski definition) is 2. The average Bonchev–Trinajstić information content (AvgIpc) is 2.77. The summed E-state index contributed by atoms with van der Waals surface area (Å²) in [5, 5.41) is 7.06. The molecule has 6 heteroatoms. The molecule has 1 aromatic heterocycles. The molecule has 4 rings (SSSR count). The highest BCUT2D eigenvalue weighted by atomic mass is 35.5. The number of aromatic nitrogens is 1. The van der Waals surface area contributed by atoms with Crippen molar-refractivity contribution in [3.05, 3.63) is 107 Å². The van der Waals surface area contributed by atoms with E-state index in [0.717, 1.165) is 10.9 Å². The number of amides is 2. The highest BCUT2D eigenvalue weighted by Gasteiger charge is 2.25. The van der Waals surface area contributed by atoms with Crippen LogP contribution in [0.3, 0.4) is 0 Å². The molecule has 0 spiro atoms. The topological polar surface area (TPSA) is 71.1 Å². The number of carbonyl (C=O) groups is 2. The number of rotatable bonds is 5. The van der Waals surface area contributed by atoms with Crippen LogP contribution >= 0.6 is 11.6 Å². The Hall–Kier alpha value is -3.70. The molecule has 0 fully saturated rings. The first kappa shape index (κ1) is 19.6. The maximum absolute atomic E-state index is 13.1. The third-order valence-electron chi connectivity index (χ3n) is 4.58. The van der Waals surface area contributed by atoms with E-state index in [9.17, 15) is 9.59 Å². The Balaban J connectivity index is 1.67. The number of pyridine rings is 1. The lowest BCUT2D eigenvalue weighted by Crippen LogP contribution is -2.37. The molecule has 2 amide bonds. The minimum Gasteiger partial charge on any atom is -0.335 e. The molecule has 1 heterocycles. The van der Waals surface area contributed by atoms with Crippen LogP contribution in [-0.2, 0) is 4.79 Å². The van der Waals surface area contributed by atoms with Gasteiger partial charge in [0.2, 0.25) is 0 Å². The van der Waals surface area contributed by atoms with Crippen LogP contribution in [0.5, 0.6) is 0 Å². The van der Waals surface area contributed by atoms with Crippen molar-refractivity contribution in [3.63, 3.8) is 0 Å². The van der Waals surface area contributed by atoms with Gasteiger partial charge in [-0.3, -0.25) is 14.6 Å². The predicted octanol–water partition coefficient (Wildman–Crippen LogP) is 5.00. The second-order valence-electron chi connectivity index (χ2n) is 6.70. The van der Waals surface area contributed by atoms with E-state index in [1.54, 1.807) is 54.6 Å². The molecule has 5 nitrogen and oxygen atoms in total. The van der Waals surface area contributed by atoms with Crippen molar-refractivity contribution in [2.24, 2.45) is 0 Å². The van der Waals surface area contributed by atoms with Gasteiger partial charge in [0.25, 0.3) is 11.8 Å². The maximum atomic E-state index is 13.1. The maximum Gasteiger partial charge on any atom is 0.253 e. The van der Waals surface area contributed by atoms with Crippen LogP contribution in [0.25, 0.3) is 10.9 Å². The quantitative estimate of drug-likeness (QED) is 0.482. The van der Waals surface area contributed by atoms with E-state index in [2.05, 4.69) is 15.6 Å². The second kappa shape index (κ2) is 8.76. The summed E-state index contributed by atoms with van der Waals surface area (Å²) in [4.78, 5) is 30.5. The molecule has 148 valence electrons. The molecule has 0 saturated heterocycles. The Morgan fingerprint density at radius 3 is 2.40 bits per heavy atom. The van der Waals surface area contributed by atoms with E-state index in [1.807, 2.05) is 36.4 Å². The highest BCUT2D eigenvalue weighted by Crippen LogP contribution is 2.21. The number of benzene rings is 3. The largest absolute Gasteiger partial charge is 0.335 e. The van der Waals surface area contributed by atoms with Gasteiger partial charge in [0.1, 0.15) is 0 Å². The summed E-state index contributed by atoms with van der Waals surface area (Å²) in [5.41, 5.74) is 2.17. The molecule has 0 aliphatic heterocycles. The lowest BCUT2D eigenvalue weighted by atomic mass is 10.1. The summed E-state index contributed by atoms with van der Waals surface area (Å²) in [7, 11) is 0. The summed E-state index contributed by atoms with van der Waals surface area (Å²) >= 11 is 6.02. The molecule has 0 bridgehead atoms. The summed E-state index contributed by atoms with van der Waals surface area (Å²) in [6.45, 7) is 0. The van der Waals surface area contributed by atoms with E-state index < -0.39 is 11.9 Å². The Morgan fingerprint density at radius 2 is 1.60 bits per heavy atom. The van der Waals surface area contributed by atoms with Gasteiger partial charge in [-0.1, -0.05) is 60.1 Å². The summed E-state index contributed by atoms with van der Waals surface area (Å²) in [6, 6.07) is 25.8.